The number of rotatable bonds is 14. The number of esters is 2. The summed E-state index contributed by atoms with van der Waals surface area (Å²) >= 11 is 12.9. The lowest BCUT2D eigenvalue weighted by molar-refractivity contribution is -0.146. The van der Waals surface area contributed by atoms with Gasteiger partial charge in [-0.2, -0.15) is 0 Å². The van der Waals surface area contributed by atoms with E-state index in [9.17, 15) is 9.59 Å². The fraction of sp³-hybridized carbons (Fsp3) is 0.342. The van der Waals surface area contributed by atoms with Crippen LogP contribution in [-0.2, 0) is 20.7 Å². The summed E-state index contributed by atoms with van der Waals surface area (Å²) in [5.74, 6) is 0.378. The number of halogens is 2. The monoisotopic (exact) mass is 705 g/mol. The number of piperidine rings is 1. The lowest BCUT2D eigenvalue weighted by Crippen LogP contribution is -2.35. The molecule has 1 aliphatic rings. The molecule has 0 bridgehead atoms. The summed E-state index contributed by atoms with van der Waals surface area (Å²) in [6.07, 6.45) is 4.37. The van der Waals surface area contributed by atoms with Gasteiger partial charge in [0.15, 0.2) is 17.5 Å². The van der Waals surface area contributed by atoms with E-state index in [4.69, 9.17) is 42.1 Å². The van der Waals surface area contributed by atoms with Crippen molar-refractivity contribution in [2.45, 2.75) is 38.3 Å². The van der Waals surface area contributed by atoms with E-state index >= 15 is 0 Å². The molecule has 258 valence electrons. The highest BCUT2D eigenvalue weighted by Crippen LogP contribution is 2.36. The molecule has 9 nitrogen and oxygen atoms in total. The van der Waals surface area contributed by atoms with Gasteiger partial charge in [0.1, 0.15) is 6.10 Å². The first-order valence-corrected chi connectivity index (χ1v) is 17.1. The van der Waals surface area contributed by atoms with Gasteiger partial charge in [0, 0.05) is 24.5 Å². The highest BCUT2D eigenvalue weighted by molar-refractivity contribution is 6.35. The molecule has 0 aliphatic carbocycles. The summed E-state index contributed by atoms with van der Waals surface area (Å²) in [6.45, 7) is 5.59. The molecule has 0 amide bonds. The van der Waals surface area contributed by atoms with Crippen molar-refractivity contribution in [1.29, 1.82) is 0 Å². The number of pyridine rings is 1. The lowest BCUT2D eigenvalue weighted by atomic mass is 9.98. The van der Waals surface area contributed by atoms with E-state index in [0.717, 1.165) is 38.0 Å². The summed E-state index contributed by atoms with van der Waals surface area (Å²) in [6, 6.07) is 20.7. The van der Waals surface area contributed by atoms with E-state index < -0.39 is 18.1 Å². The Kier molecular flexibility index (Phi) is 12.8. The number of ether oxygens (including phenoxy) is 4. The third kappa shape index (κ3) is 9.44. The second kappa shape index (κ2) is 17.4. The Bertz CT molecular complexity index is 1690. The van der Waals surface area contributed by atoms with Crippen molar-refractivity contribution in [3.05, 3.63) is 117 Å². The zero-order chi connectivity index (χ0) is 34.8. The van der Waals surface area contributed by atoms with Crippen molar-refractivity contribution in [3.63, 3.8) is 0 Å². The Balaban J connectivity index is 1.35. The molecule has 0 radical (unpaired) electrons. The van der Waals surface area contributed by atoms with E-state index in [2.05, 4.69) is 22.1 Å². The molecule has 0 spiro atoms. The number of benzene rings is 3. The van der Waals surface area contributed by atoms with Gasteiger partial charge < -0.3 is 29.2 Å². The van der Waals surface area contributed by atoms with Crippen LogP contribution in [0.5, 0.6) is 11.5 Å². The molecule has 1 unspecified atom stereocenters. The molecule has 1 fully saturated rings. The Hall–Kier alpha value is -4.31. The predicted molar refractivity (Wildman–Crippen MR) is 191 cm³/mol. The molecule has 1 aliphatic heterocycles. The summed E-state index contributed by atoms with van der Waals surface area (Å²) in [5.41, 5.74) is 2.82. The molecule has 11 heteroatoms. The van der Waals surface area contributed by atoms with Crippen LogP contribution in [0, 0.1) is 5.92 Å². The Morgan fingerprint density at radius 3 is 2.29 bits per heavy atom. The van der Waals surface area contributed by atoms with Gasteiger partial charge in [-0.1, -0.05) is 72.6 Å². The topological polar surface area (TPSA) is 99.2 Å². The molecule has 1 N–H and O–H groups in total. The average Bonchev–Trinajstić information content (AvgIpc) is 3.14. The van der Waals surface area contributed by atoms with Crippen molar-refractivity contribution in [2.75, 3.05) is 45.8 Å². The molecule has 49 heavy (non-hydrogen) atoms. The number of aromatic nitrogens is 1. The molecule has 4 aromatic rings. The fourth-order valence-electron chi connectivity index (χ4n) is 5.88. The maximum Gasteiger partial charge on any atom is 0.338 e. The Labute approximate surface area is 297 Å². The van der Waals surface area contributed by atoms with Crippen LogP contribution in [0.1, 0.15) is 59.0 Å². The average molecular weight is 707 g/mol. The first kappa shape index (κ1) is 36.0. The van der Waals surface area contributed by atoms with Crippen LogP contribution in [0.3, 0.4) is 0 Å². The van der Waals surface area contributed by atoms with Crippen LogP contribution >= 0.6 is 23.2 Å². The van der Waals surface area contributed by atoms with Crippen LogP contribution < -0.4 is 14.8 Å². The van der Waals surface area contributed by atoms with Gasteiger partial charge in [0.25, 0.3) is 0 Å². The largest absolute Gasteiger partial charge is 0.493 e. The minimum absolute atomic E-state index is 0.179. The Morgan fingerprint density at radius 1 is 0.898 bits per heavy atom. The third-order valence-corrected chi connectivity index (χ3v) is 9.42. The molecule has 0 saturated carbocycles. The molecule has 5 rings (SSSR count). The second-order valence-electron chi connectivity index (χ2n) is 11.9. The summed E-state index contributed by atoms with van der Waals surface area (Å²) in [7, 11) is 3.08. The van der Waals surface area contributed by atoms with Gasteiger partial charge in [0.05, 0.1) is 36.4 Å². The highest BCUT2D eigenvalue weighted by Gasteiger charge is 2.27. The van der Waals surface area contributed by atoms with E-state index in [0.29, 0.717) is 50.9 Å². The second-order valence-corrected chi connectivity index (χ2v) is 12.7. The van der Waals surface area contributed by atoms with Gasteiger partial charge in [-0.05, 0) is 85.4 Å². The molecule has 1 aromatic heterocycles. The first-order valence-electron chi connectivity index (χ1n) is 16.3. The smallest absolute Gasteiger partial charge is 0.338 e. The standard InChI is InChI=1S/C38H41Cl2N3O6/c1-4-43-17-15-25(16-18-43)24-48-38(45)36(26-9-6-5-7-10-26)42-29-12-8-11-28(19-29)37(44)49-34(21-30-31(39)22-41-23-32(30)40)27-13-14-33(46-2)35(20-27)47-3/h5-14,19-20,22-23,25,34,36,42H,4,15-18,21,24H2,1-3H3/t34-,36?/m0/s1. The number of anilines is 1. The molecular formula is C38H41Cl2N3O6. The SMILES string of the molecule is CCN1CCC(COC(=O)C(Nc2cccc(C(=O)O[C@@H](Cc3c(Cl)cncc3Cl)c3ccc(OC)c(OC)c3)c2)c2ccccc2)CC1. The van der Waals surface area contributed by atoms with Crippen molar-refractivity contribution >= 4 is 40.8 Å². The van der Waals surface area contributed by atoms with E-state index in [1.54, 1.807) is 49.6 Å². The van der Waals surface area contributed by atoms with Gasteiger partial charge >= 0.3 is 11.9 Å². The number of carbonyl (C=O) groups is 2. The molecule has 1 saturated heterocycles. The number of nitrogens with zero attached hydrogens (tertiary/aromatic N) is 2. The first-order chi connectivity index (χ1) is 23.8. The quantitative estimate of drug-likeness (QED) is 0.131. The van der Waals surface area contributed by atoms with Crippen LogP contribution in [0.2, 0.25) is 10.0 Å². The van der Waals surface area contributed by atoms with Crippen LogP contribution in [-0.4, -0.2) is 62.3 Å². The number of methoxy groups -OCH3 is 2. The van der Waals surface area contributed by atoms with Crippen molar-refractivity contribution < 1.29 is 28.5 Å². The molecular weight excluding hydrogens is 665 g/mol. The maximum absolute atomic E-state index is 13.8. The number of hydrogen-bond donors (Lipinski definition) is 1. The van der Waals surface area contributed by atoms with Crippen molar-refractivity contribution in [1.82, 2.24) is 9.88 Å². The number of hydrogen-bond acceptors (Lipinski definition) is 9. The van der Waals surface area contributed by atoms with Crippen molar-refractivity contribution in [3.8, 4) is 11.5 Å². The minimum atomic E-state index is -0.794. The van der Waals surface area contributed by atoms with Gasteiger partial charge in [-0.3, -0.25) is 4.98 Å². The Morgan fingerprint density at radius 2 is 1.61 bits per heavy atom. The van der Waals surface area contributed by atoms with Crippen LogP contribution in [0.15, 0.2) is 85.2 Å². The third-order valence-electron chi connectivity index (χ3n) is 8.76. The number of carbonyl (C=O) groups excluding carboxylic acids is 2. The normalized spacial score (nSPS) is 14.8. The van der Waals surface area contributed by atoms with Crippen LogP contribution in [0.25, 0.3) is 0 Å². The van der Waals surface area contributed by atoms with Crippen LogP contribution in [0.4, 0.5) is 5.69 Å². The molecule has 2 heterocycles. The van der Waals surface area contributed by atoms with Crippen molar-refractivity contribution in [2.24, 2.45) is 5.92 Å². The zero-order valence-corrected chi connectivity index (χ0v) is 29.4. The highest BCUT2D eigenvalue weighted by atomic mass is 35.5. The minimum Gasteiger partial charge on any atom is -0.493 e. The summed E-state index contributed by atoms with van der Waals surface area (Å²) in [4.78, 5) is 33.7. The van der Waals surface area contributed by atoms with Gasteiger partial charge in [0.2, 0.25) is 0 Å². The lowest BCUT2D eigenvalue weighted by Gasteiger charge is -2.31. The number of nitrogens with one attached hydrogen (secondary N) is 1. The fourth-order valence-corrected chi connectivity index (χ4v) is 6.39. The van der Waals surface area contributed by atoms with E-state index in [-0.39, 0.29) is 18.0 Å². The van der Waals surface area contributed by atoms with E-state index in [1.165, 1.54) is 19.5 Å². The molecule has 3 aromatic carbocycles. The predicted octanol–water partition coefficient (Wildman–Crippen LogP) is 7.97. The number of likely N-dealkylation sites (tertiary alicyclic amines) is 1. The van der Waals surface area contributed by atoms with E-state index in [1.807, 2.05) is 30.3 Å². The van der Waals surface area contributed by atoms with Gasteiger partial charge in [-0.15, -0.1) is 0 Å². The summed E-state index contributed by atoms with van der Waals surface area (Å²) in [5, 5.41) is 4.00. The zero-order valence-electron chi connectivity index (χ0n) is 27.9. The summed E-state index contributed by atoms with van der Waals surface area (Å²) < 4.78 is 22.9. The maximum atomic E-state index is 13.8. The molecule has 2 atom stereocenters. The van der Waals surface area contributed by atoms with Gasteiger partial charge in [-0.25, -0.2) is 9.59 Å².